The molecular formula is C22H16F4N2O3. The number of fused-ring (bicyclic) bond motifs is 1. The lowest BCUT2D eigenvalue weighted by molar-refractivity contribution is -0.275. The highest BCUT2D eigenvalue weighted by molar-refractivity contribution is 5.95. The minimum atomic E-state index is -5.03. The van der Waals surface area contributed by atoms with E-state index in [1.54, 1.807) is 42.5 Å². The summed E-state index contributed by atoms with van der Waals surface area (Å²) in [6.45, 7) is 0.177. The molecule has 1 unspecified atom stereocenters. The Morgan fingerprint density at radius 1 is 1.10 bits per heavy atom. The topological polar surface area (TPSA) is 60.5 Å². The zero-order valence-electron chi connectivity index (χ0n) is 15.9. The highest BCUT2D eigenvalue weighted by Gasteiger charge is 2.43. The average molecular weight is 432 g/mol. The van der Waals surface area contributed by atoms with Crippen LogP contribution >= 0.6 is 0 Å². The van der Waals surface area contributed by atoms with Crippen LogP contribution in [-0.4, -0.2) is 23.9 Å². The van der Waals surface area contributed by atoms with Crippen molar-refractivity contribution in [3.05, 3.63) is 89.5 Å². The summed E-state index contributed by atoms with van der Waals surface area (Å²) in [4.78, 5) is 17.3. The van der Waals surface area contributed by atoms with E-state index in [0.29, 0.717) is 17.0 Å². The molecule has 3 aromatic rings. The number of nitrogens with zero attached hydrogens (tertiary/aromatic N) is 1. The molecule has 1 amide bonds. The quantitative estimate of drug-likeness (QED) is 0.614. The zero-order valence-corrected chi connectivity index (χ0v) is 15.9. The second-order valence-corrected chi connectivity index (χ2v) is 6.87. The first-order valence-corrected chi connectivity index (χ1v) is 9.30. The Morgan fingerprint density at radius 3 is 2.58 bits per heavy atom. The van der Waals surface area contributed by atoms with Gasteiger partial charge >= 0.3 is 6.36 Å². The average Bonchev–Trinajstić information content (AvgIpc) is 2.75. The van der Waals surface area contributed by atoms with Gasteiger partial charge < -0.3 is 14.8 Å². The number of aromatic nitrogens is 1. The predicted octanol–water partition coefficient (Wildman–Crippen LogP) is 4.58. The number of nitrogens with one attached hydrogen (secondary N) is 1. The Balaban J connectivity index is 1.81. The molecule has 0 saturated heterocycles. The van der Waals surface area contributed by atoms with Crippen LogP contribution in [0.1, 0.15) is 28.0 Å². The minimum absolute atomic E-state index is 0.177. The van der Waals surface area contributed by atoms with Crippen LogP contribution in [0.15, 0.2) is 66.9 Å². The summed E-state index contributed by atoms with van der Waals surface area (Å²) in [5, 5.41) is 2.90. The van der Waals surface area contributed by atoms with Gasteiger partial charge in [0.15, 0.2) is 11.6 Å². The van der Waals surface area contributed by atoms with Crippen molar-refractivity contribution < 1.29 is 31.8 Å². The largest absolute Gasteiger partial charge is 0.573 e. The number of halogens is 4. The van der Waals surface area contributed by atoms with Crippen molar-refractivity contribution in [2.24, 2.45) is 0 Å². The number of carbonyl (C=O) groups is 1. The van der Waals surface area contributed by atoms with E-state index in [1.807, 2.05) is 0 Å². The lowest BCUT2D eigenvalue weighted by Crippen LogP contribution is -2.50. The molecule has 4 rings (SSSR count). The molecule has 1 N–H and O–H groups in total. The maximum Gasteiger partial charge on any atom is 0.573 e. The van der Waals surface area contributed by atoms with Crippen molar-refractivity contribution in [3.8, 4) is 11.5 Å². The zero-order chi connectivity index (χ0) is 22.1. The van der Waals surface area contributed by atoms with Gasteiger partial charge in [-0.15, -0.1) is 13.2 Å². The molecule has 0 aliphatic carbocycles. The first-order chi connectivity index (χ1) is 14.8. The Labute approximate surface area is 174 Å². The third kappa shape index (κ3) is 4.16. The van der Waals surface area contributed by atoms with E-state index in [4.69, 9.17) is 4.74 Å². The van der Waals surface area contributed by atoms with Crippen LogP contribution in [0.5, 0.6) is 11.5 Å². The molecule has 2 heterocycles. The number of benzene rings is 2. The summed E-state index contributed by atoms with van der Waals surface area (Å²) in [5.74, 6) is -2.24. The van der Waals surface area contributed by atoms with Gasteiger partial charge in [0, 0.05) is 18.2 Å². The first-order valence-electron chi connectivity index (χ1n) is 9.30. The van der Waals surface area contributed by atoms with Gasteiger partial charge in [0.25, 0.3) is 5.91 Å². The van der Waals surface area contributed by atoms with Crippen molar-refractivity contribution in [2.75, 3.05) is 6.61 Å². The Morgan fingerprint density at radius 2 is 1.87 bits per heavy atom. The van der Waals surface area contributed by atoms with Crippen molar-refractivity contribution in [1.29, 1.82) is 0 Å². The highest BCUT2D eigenvalue weighted by Crippen LogP contribution is 2.42. The fraction of sp³-hybridized carbons (Fsp3) is 0.182. The highest BCUT2D eigenvalue weighted by atomic mass is 19.4. The summed E-state index contributed by atoms with van der Waals surface area (Å²) < 4.78 is 61.5. The molecule has 0 radical (unpaired) electrons. The van der Waals surface area contributed by atoms with Crippen molar-refractivity contribution in [2.45, 2.75) is 18.3 Å². The molecule has 0 bridgehead atoms. The van der Waals surface area contributed by atoms with Gasteiger partial charge in [0.05, 0.1) is 6.61 Å². The fourth-order valence-electron chi connectivity index (χ4n) is 3.56. The number of hydrogen-bond acceptors (Lipinski definition) is 4. The van der Waals surface area contributed by atoms with E-state index in [9.17, 15) is 22.4 Å². The second-order valence-electron chi connectivity index (χ2n) is 6.87. The van der Waals surface area contributed by atoms with Crippen LogP contribution in [0.2, 0.25) is 0 Å². The van der Waals surface area contributed by atoms with Crippen LogP contribution in [0.25, 0.3) is 0 Å². The third-order valence-electron chi connectivity index (χ3n) is 4.92. The second kappa shape index (κ2) is 7.90. The normalized spacial score (nSPS) is 17.9. The minimum Gasteiger partial charge on any atom is -0.491 e. The molecule has 1 aliphatic heterocycles. The number of alkyl halides is 3. The Bertz CT molecular complexity index is 1110. The molecule has 0 saturated carbocycles. The molecule has 1 aromatic heterocycles. The van der Waals surface area contributed by atoms with Gasteiger partial charge in [-0.1, -0.05) is 24.3 Å². The third-order valence-corrected chi connectivity index (χ3v) is 4.92. The summed E-state index contributed by atoms with van der Waals surface area (Å²) >= 11 is 0. The van der Waals surface area contributed by atoms with E-state index >= 15 is 0 Å². The van der Waals surface area contributed by atoms with Gasteiger partial charge in [-0.3, -0.25) is 9.78 Å². The monoisotopic (exact) mass is 432 g/mol. The van der Waals surface area contributed by atoms with E-state index in [0.717, 1.165) is 12.1 Å². The van der Waals surface area contributed by atoms with Crippen molar-refractivity contribution in [3.63, 3.8) is 0 Å². The number of rotatable bonds is 4. The Kier molecular flexibility index (Phi) is 5.26. The van der Waals surface area contributed by atoms with Crippen LogP contribution in [0.4, 0.5) is 17.6 Å². The molecule has 5 nitrogen and oxygen atoms in total. The van der Waals surface area contributed by atoms with Crippen molar-refractivity contribution in [1.82, 2.24) is 10.3 Å². The molecule has 9 heteroatoms. The molecule has 0 spiro atoms. The van der Waals surface area contributed by atoms with Crippen LogP contribution < -0.4 is 14.8 Å². The summed E-state index contributed by atoms with van der Waals surface area (Å²) in [6, 6.07) is 14.7. The van der Waals surface area contributed by atoms with E-state index in [1.165, 1.54) is 12.3 Å². The maximum atomic E-state index is 14.6. The van der Waals surface area contributed by atoms with E-state index in [2.05, 4.69) is 15.0 Å². The number of ether oxygens (including phenoxy) is 2. The number of hydrogen-bond donors (Lipinski definition) is 1. The summed E-state index contributed by atoms with van der Waals surface area (Å²) in [6.07, 6.45) is -3.35. The molecule has 2 aromatic carbocycles. The molecular weight excluding hydrogens is 416 g/mol. The SMILES string of the molecule is O=C(NC1(c2ccc(OC(F)(F)F)c(F)c2)CCOc2cccnc21)c1ccccc1. The number of carbonyl (C=O) groups excluding carboxylic acids is 1. The standard InChI is InChI=1S/C22H16F4N2O3/c23-16-13-15(8-9-17(16)31-22(24,25)26)21(28-20(29)14-5-2-1-3-6-14)10-12-30-18-7-4-11-27-19(18)21/h1-9,11,13H,10,12H2,(H,28,29). The molecule has 31 heavy (non-hydrogen) atoms. The Hall–Kier alpha value is -3.62. The van der Waals surface area contributed by atoms with Crippen LogP contribution in [0, 0.1) is 5.82 Å². The number of pyridine rings is 1. The van der Waals surface area contributed by atoms with Gasteiger partial charge in [0.2, 0.25) is 0 Å². The lowest BCUT2D eigenvalue weighted by Gasteiger charge is -2.39. The molecule has 1 atom stereocenters. The van der Waals surface area contributed by atoms with E-state index < -0.39 is 29.4 Å². The smallest absolute Gasteiger partial charge is 0.491 e. The number of amides is 1. The predicted molar refractivity (Wildman–Crippen MR) is 102 cm³/mol. The maximum absolute atomic E-state index is 14.6. The van der Waals surface area contributed by atoms with Gasteiger partial charge in [-0.05, 0) is 42.0 Å². The van der Waals surface area contributed by atoms with Crippen LogP contribution in [0.3, 0.4) is 0 Å². The molecule has 1 aliphatic rings. The van der Waals surface area contributed by atoms with Crippen molar-refractivity contribution >= 4 is 5.91 Å². The van der Waals surface area contributed by atoms with Gasteiger partial charge in [-0.2, -0.15) is 0 Å². The van der Waals surface area contributed by atoms with Crippen LogP contribution in [-0.2, 0) is 5.54 Å². The lowest BCUT2D eigenvalue weighted by atomic mass is 9.81. The summed E-state index contributed by atoms with van der Waals surface area (Å²) in [7, 11) is 0. The fourth-order valence-corrected chi connectivity index (χ4v) is 3.56. The molecule has 0 fully saturated rings. The van der Waals surface area contributed by atoms with Gasteiger partial charge in [-0.25, -0.2) is 4.39 Å². The van der Waals surface area contributed by atoms with E-state index in [-0.39, 0.29) is 18.6 Å². The van der Waals surface area contributed by atoms with Gasteiger partial charge in [0.1, 0.15) is 17.0 Å². The summed E-state index contributed by atoms with van der Waals surface area (Å²) in [5.41, 5.74) is -0.413. The first kappa shape index (κ1) is 20.6. The molecule has 160 valence electrons.